The highest BCUT2D eigenvalue weighted by atomic mass is 35.7. The summed E-state index contributed by atoms with van der Waals surface area (Å²) in [5.74, 6) is 0. The van der Waals surface area contributed by atoms with Gasteiger partial charge in [-0.3, -0.25) is 23.8 Å². The van der Waals surface area contributed by atoms with E-state index in [1.165, 1.54) is 15.4 Å². The van der Waals surface area contributed by atoms with Crippen molar-refractivity contribution in [3.63, 3.8) is 0 Å². The van der Waals surface area contributed by atoms with E-state index in [-0.39, 0.29) is 39.6 Å². The van der Waals surface area contributed by atoms with Crippen LogP contribution < -0.4 is 11.2 Å². The summed E-state index contributed by atoms with van der Waals surface area (Å²) in [6.45, 7) is 1.67. The maximum absolute atomic E-state index is 14.3. The SMILES string of the molecule is Cc1cn(C2CN(C(c3ccccc3)(c3ccccc3)c3ccccc3)CC(COP(=O)(Cl)N3CCCOCCOCCOCCOCCOC3)O2)c(=O)[nH]c1=O. The number of morpholine rings is 1. The number of hydrogen-bond donors (Lipinski definition) is 1. The molecule has 0 saturated carbocycles. The average Bonchev–Trinajstić information content (AvgIpc) is 3.23. The Morgan fingerprint density at radius 3 is 1.75 bits per heavy atom. The van der Waals surface area contributed by atoms with Crippen molar-refractivity contribution in [1.29, 1.82) is 0 Å². The maximum atomic E-state index is 14.3. The second-order valence-electron chi connectivity index (χ2n) is 13.7. The molecule has 2 aliphatic heterocycles. The molecule has 0 bridgehead atoms. The topological polar surface area (TPSA) is 143 Å². The lowest BCUT2D eigenvalue weighted by Gasteiger charge is -2.50. The van der Waals surface area contributed by atoms with Crippen molar-refractivity contribution in [3.8, 4) is 0 Å². The van der Waals surface area contributed by atoms with Crippen LogP contribution in [0, 0.1) is 6.92 Å². The molecule has 0 amide bonds. The van der Waals surface area contributed by atoms with E-state index in [0.29, 0.717) is 64.8 Å². The van der Waals surface area contributed by atoms with Gasteiger partial charge >= 0.3 is 12.6 Å². The third kappa shape index (κ3) is 11.4. The Bertz CT molecular complexity index is 1860. The van der Waals surface area contributed by atoms with Crippen LogP contribution in [0.25, 0.3) is 0 Å². The Labute approximate surface area is 337 Å². The number of hydrogen-bond acceptors (Lipinski definition) is 11. The van der Waals surface area contributed by atoms with E-state index in [1.807, 2.05) is 54.6 Å². The van der Waals surface area contributed by atoms with Crippen molar-refractivity contribution in [2.75, 3.05) is 92.4 Å². The molecular formula is C41H52ClN4O10P. The van der Waals surface area contributed by atoms with E-state index in [0.717, 1.165) is 16.7 Å². The lowest BCUT2D eigenvalue weighted by Crippen LogP contribution is -2.58. The van der Waals surface area contributed by atoms with Crippen LogP contribution >= 0.6 is 18.1 Å². The highest BCUT2D eigenvalue weighted by molar-refractivity contribution is 7.83. The summed E-state index contributed by atoms with van der Waals surface area (Å²) in [6, 6.07) is 30.4. The molecule has 3 heterocycles. The number of halogens is 1. The van der Waals surface area contributed by atoms with Gasteiger partial charge in [0.15, 0.2) is 6.23 Å². The monoisotopic (exact) mass is 826 g/mol. The molecule has 0 aliphatic carbocycles. The van der Waals surface area contributed by atoms with Crippen LogP contribution in [0.2, 0.25) is 0 Å². The van der Waals surface area contributed by atoms with E-state index >= 15 is 0 Å². The largest absolute Gasteiger partial charge is 0.379 e. The molecule has 4 aromatic rings. The number of nitrogens with one attached hydrogen (secondary N) is 1. The molecule has 16 heteroatoms. The number of nitrogens with zero attached hydrogens (tertiary/aromatic N) is 3. The van der Waals surface area contributed by atoms with Gasteiger partial charge in [-0.05, 0) is 41.3 Å². The summed E-state index contributed by atoms with van der Waals surface area (Å²) < 4.78 is 58.1. The van der Waals surface area contributed by atoms with Crippen molar-refractivity contribution >= 4 is 18.1 Å². The first-order chi connectivity index (χ1) is 27.8. The van der Waals surface area contributed by atoms with Crippen LogP contribution in [0.3, 0.4) is 0 Å². The van der Waals surface area contributed by atoms with Gasteiger partial charge in [0, 0.05) is 38.0 Å². The number of rotatable bonds is 9. The summed E-state index contributed by atoms with van der Waals surface area (Å²) in [5, 5.41) is 0. The number of ether oxygens (including phenoxy) is 6. The van der Waals surface area contributed by atoms with Crippen LogP contribution in [-0.2, 0) is 43.0 Å². The molecule has 6 rings (SSSR count). The van der Waals surface area contributed by atoms with Crippen LogP contribution in [0.4, 0.5) is 0 Å². The normalized spacial score (nSPS) is 21.9. The van der Waals surface area contributed by atoms with E-state index in [2.05, 4.69) is 46.3 Å². The molecule has 0 radical (unpaired) electrons. The fraction of sp³-hybridized carbons (Fsp3) is 0.463. The molecule has 1 N–H and O–H groups in total. The highest BCUT2D eigenvalue weighted by Crippen LogP contribution is 2.56. The molecular weight excluding hydrogens is 775 g/mol. The predicted octanol–water partition coefficient (Wildman–Crippen LogP) is 5.15. The summed E-state index contributed by atoms with van der Waals surface area (Å²) in [5.41, 5.74) is 1.34. The molecule has 2 saturated heterocycles. The lowest BCUT2D eigenvalue weighted by atomic mass is 9.75. The molecule has 1 aromatic heterocycles. The summed E-state index contributed by atoms with van der Waals surface area (Å²) in [6.07, 6.45) is 0.379. The fourth-order valence-corrected chi connectivity index (χ4v) is 8.77. The number of benzene rings is 3. The van der Waals surface area contributed by atoms with E-state index in [1.54, 1.807) is 6.92 Å². The smallest absolute Gasteiger partial charge is 0.365 e. The van der Waals surface area contributed by atoms with Crippen molar-refractivity contribution in [2.45, 2.75) is 31.2 Å². The summed E-state index contributed by atoms with van der Waals surface area (Å²) >= 11 is 6.81. The van der Waals surface area contributed by atoms with Crippen molar-refractivity contribution in [3.05, 3.63) is 140 Å². The first-order valence-electron chi connectivity index (χ1n) is 19.3. The number of aromatic nitrogens is 2. The van der Waals surface area contributed by atoms with Gasteiger partial charge in [-0.1, -0.05) is 91.0 Å². The standard InChI is InChI=1S/C41H52ClN4O10P/c1-33-28-46(40(48)43-39(33)47)38-30-44(41(34-12-5-2-6-13-34,35-14-7-3-8-15-35)36-16-9-4-10-17-36)29-37(56-38)31-55-57(42,49)45-18-11-19-50-20-21-51-22-23-52-24-25-53-26-27-54-32-45/h2-10,12-17,28,37-38H,11,18-27,29-32H2,1H3,(H,43,47,48). The van der Waals surface area contributed by atoms with Gasteiger partial charge in [0.1, 0.15) is 6.73 Å². The highest BCUT2D eigenvalue weighted by Gasteiger charge is 2.47. The molecule has 3 aromatic carbocycles. The average molecular weight is 827 g/mol. The molecule has 2 fully saturated rings. The first-order valence-corrected chi connectivity index (χ1v) is 21.7. The molecule has 3 atom stereocenters. The van der Waals surface area contributed by atoms with E-state index in [9.17, 15) is 14.2 Å². The molecule has 0 spiro atoms. The van der Waals surface area contributed by atoms with E-state index in [4.69, 9.17) is 44.2 Å². The minimum Gasteiger partial charge on any atom is -0.379 e. The first kappa shape index (κ1) is 43.1. The van der Waals surface area contributed by atoms with Crippen LogP contribution in [0.1, 0.15) is 34.9 Å². The van der Waals surface area contributed by atoms with E-state index < -0.39 is 36.0 Å². The van der Waals surface area contributed by atoms with Crippen molar-refractivity contribution in [2.24, 2.45) is 0 Å². The van der Waals surface area contributed by atoms with Crippen molar-refractivity contribution in [1.82, 2.24) is 19.1 Å². The number of aromatic amines is 1. The fourth-order valence-electron chi connectivity index (χ4n) is 7.13. The Kier molecular flexibility index (Phi) is 16.2. The van der Waals surface area contributed by atoms with Gasteiger partial charge in [-0.2, -0.15) is 4.67 Å². The Morgan fingerprint density at radius 1 is 0.737 bits per heavy atom. The molecule has 14 nitrogen and oxygen atoms in total. The van der Waals surface area contributed by atoms with Gasteiger partial charge < -0.3 is 32.9 Å². The zero-order chi connectivity index (χ0) is 39.9. The Hall–Kier alpha value is -3.50. The third-order valence-corrected chi connectivity index (χ3v) is 12.2. The van der Waals surface area contributed by atoms with Gasteiger partial charge in [-0.15, -0.1) is 0 Å². The zero-order valence-corrected chi connectivity index (χ0v) is 33.9. The van der Waals surface area contributed by atoms with Gasteiger partial charge in [0.25, 0.3) is 5.56 Å². The Balaban J connectivity index is 1.31. The number of aryl methyl sites for hydroxylation is 1. The molecule has 57 heavy (non-hydrogen) atoms. The van der Waals surface area contributed by atoms with Crippen LogP contribution in [0.5, 0.6) is 0 Å². The van der Waals surface area contributed by atoms with Gasteiger partial charge in [-0.25, -0.2) is 4.79 Å². The quantitative estimate of drug-likeness (QED) is 0.176. The Morgan fingerprint density at radius 2 is 1.23 bits per heavy atom. The summed E-state index contributed by atoms with van der Waals surface area (Å²) in [4.78, 5) is 30.6. The van der Waals surface area contributed by atoms with Gasteiger partial charge in [0.2, 0.25) is 0 Å². The second-order valence-corrected chi connectivity index (χ2v) is 16.7. The predicted molar refractivity (Wildman–Crippen MR) is 216 cm³/mol. The maximum Gasteiger partial charge on any atom is 0.365 e. The molecule has 2 aliphatic rings. The molecule has 3 unspecified atom stereocenters. The van der Waals surface area contributed by atoms with Crippen LogP contribution in [0.15, 0.2) is 107 Å². The van der Waals surface area contributed by atoms with Crippen molar-refractivity contribution < 1.29 is 37.5 Å². The minimum absolute atomic E-state index is 0.0742. The third-order valence-electron chi connectivity index (χ3n) is 9.85. The lowest BCUT2D eigenvalue weighted by molar-refractivity contribution is -0.148. The van der Waals surface area contributed by atoms with Crippen LogP contribution in [-0.4, -0.2) is 118 Å². The minimum atomic E-state index is -4.01. The number of H-pyrrole nitrogens is 1. The second kappa shape index (κ2) is 21.5. The molecule has 308 valence electrons. The summed E-state index contributed by atoms with van der Waals surface area (Å²) in [7, 11) is 0. The zero-order valence-electron chi connectivity index (χ0n) is 32.2. The van der Waals surface area contributed by atoms with Gasteiger partial charge in [0.05, 0.1) is 71.1 Å².